The summed E-state index contributed by atoms with van der Waals surface area (Å²) >= 11 is 0. The Morgan fingerprint density at radius 2 is 0.568 bits per heavy atom. The highest BCUT2D eigenvalue weighted by atomic mass is 31.2. The highest BCUT2D eigenvalue weighted by Crippen LogP contribution is 2.52. The Morgan fingerprint density at radius 3 is 0.839 bits per heavy atom. The van der Waals surface area contributed by atoms with Gasteiger partial charge in [-0.05, 0) is 181 Å². The van der Waals surface area contributed by atoms with Crippen molar-refractivity contribution in [3.05, 3.63) is 179 Å². The average Bonchev–Trinajstić information content (AvgIpc) is 0.837. The molecule has 0 saturated heterocycles. The summed E-state index contributed by atoms with van der Waals surface area (Å²) in [5, 5.41) is 5.41. The first-order chi connectivity index (χ1) is 54.7. The summed E-state index contributed by atoms with van der Waals surface area (Å²) in [5.74, 6) is -0.852. The molecule has 5 aromatic rings. The van der Waals surface area contributed by atoms with E-state index < -0.39 is 132 Å². The summed E-state index contributed by atoms with van der Waals surface area (Å²) in [7, 11) is -12.2. The fourth-order valence-electron chi connectivity index (χ4n) is 8.43. The number of ether oxygens (including phenoxy) is 6. The first kappa shape index (κ1) is 103. The molecule has 30 nitrogen and oxygen atoms in total. The molecule has 0 N–H and O–H groups in total. The van der Waals surface area contributed by atoms with E-state index in [2.05, 4.69) is 13.8 Å². The van der Waals surface area contributed by atoms with Crippen LogP contribution in [0.5, 0.6) is 0 Å². The summed E-state index contributed by atoms with van der Waals surface area (Å²) in [6.07, 6.45) is 4.08. The second kappa shape index (κ2) is 47.8. The molecule has 0 aliphatic carbocycles. The van der Waals surface area contributed by atoms with Crippen molar-refractivity contribution in [2.75, 3.05) is 60.4 Å². The summed E-state index contributed by atoms with van der Waals surface area (Å²) in [6, 6.07) is 39.3. The number of hydrogen-bond acceptors (Lipinski definition) is 27. The minimum absolute atomic E-state index is 0.0698. The minimum Gasteiger partial charge on any atom is -0.438 e. The van der Waals surface area contributed by atoms with Crippen LogP contribution >= 0.6 is 22.8 Å². The summed E-state index contributed by atoms with van der Waals surface area (Å²) in [6.45, 7) is 34.3. The fourth-order valence-corrected chi connectivity index (χ4v) is 11.4. The molecule has 0 aromatic heterocycles. The molecule has 652 valence electrons. The van der Waals surface area contributed by atoms with Crippen molar-refractivity contribution in [2.24, 2.45) is 32.5 Å². The van der Waals surface area contributed by atoms with Gasteiger partial charge in [-0.3, -0.25) is 98.5 Å². The van der Waals surface area contributed by atoms with Gasteiger partial charge in [0.2, 0.25) is 58.5 Å². The Bertz CT molecular complexity index is 4220. The van der Waals surface area contributed by atoms with Crippen LogP contribution < -0.4 is 0 Å². The Morgan fingerprint density at radius 1 is 0.322 bits per heavy atom. The standard InChI is InChI=1S/C30H40NO9P.C28H38NO9P.C27H42NO9P/c1-23(32)31(38-20-24-14-16-26(17-15-24)25-12-9-8-10-13-25)18-11-19-41(35,39-21-36-27(33)29(2,3)4)40-22-37-28(34)30(5,6)7;1-21(30)29(36-18-22-13-14-23-11-8-9-12-24(23)17-22)15-10-16-39(33,37-19-34-25(31)27(2,3)4)38-20-35-26(32)28(5,6)7;1-20(2)23-13-11-22(12-14-23)17-35-28(21(3)29)15-10-16-38(32,36-18-33-24(30)26(4,5)6)37-19-34-25(31)27(7,8)9/h8-17,19H,18,20-22H2,1-7H3;8-14,16-17H,15,18-20H2,1-7H3;10-14,16,20H,15,17-19H2,1-9H3/b19-11+;2*16-10+. The van der Waals surface area contributed by atoms with E-state index in [1.807, 2.05) is 121 Å². The molecule has 0 radical (unpaired) electrons. The molecule has 5 aromatic carbocycles. The molecule has 118 heavy (non-hydrogen) atoms. The van der Waals surface area contributed by atoms with Crippen LogP contribution in [-0.2, 0) is 147 Å². The van der Waals surface area contributed by atoms with Crippen LogP contribution in [0.25, 0.3) is 21.9 Å². The van der Waals surface area contributed by atoms with Crippen molar-refractivity contribution in [1.29, 1.82) is 0 Å². The molecule has 0 atom stereocenters. The predicted octanol–water partition coefficient (Wildman–Crippen LogP) is 18.3. The first-order valence-corrected chi connectivity index (χ1v) is 42.7. The van der Waals surface area contributed by atoms with E-state index >= 15 is 0 Å². The largest absolute Gasteiger partial charge is 0.438 e. The average molecular weight is 1710 g/mol. The van der Waals surface area contributed by atoms with Crippen LogP contribution in [0.3, 0.4) is 0 Å². The van der Waals surface area contributed by atoms with Crippen molar-refractivity contribution >= 4 is 87.1 Å². The van der Waals surface area contributed by atoms with Gasteiger partial charge in [-0.2, -0.15) is 0 Å². The van der Waals surface area contributed by atoms with E-state index in [4.69, 9.17) is 70.1 Å². The molecule has 33 heteroatoms. The number of rotatable bonds is 38. The fraction of sp³-hybridized carbons (Fsp3) is 0.494. The van der Waals surface area contributed by atoms with Gasteiger partial charge in [-0.25, -0.2) is 15.2 Å². The van der Waals surface area contributed by atoms with E-state index in [1.165, 1.54) is 44.6 Å². The zero-order valence-electron chi connectivity index (χ0n) is 72.3. The maximum absolute atomic E-state index is 13.3. The van der Waals surface area contributed by atoms with Crippen molar-refractivity contribution in [1.82, 2.24) is 15.2 Å². The zero-order valence-corrected chi connectivity index (χ0v) is 75.0. The van der Waals surface area contributed by atoms with Crippen LogP contribution in [0.1, 0.15) is 187 Å². The molecule has 0 saturated carbocycles. The van der Waals surface area contributed by atoms with Crippen molar-refractivity contribution in [3.63, 3.8) is 0 Å². The third kappa shape index (κ3) is 40.3. The molecule has 0 spiro atoms. The smallest absolute Gasteiger partial charge is 0.359 e. The van der Waals surface area contributed by atoms with Gasteiger partial charge in [0.25, 0.3) is 0 Å². The number of fused-ring (bicyclic) bond motifs is 1. The summed E-state index contributed by atoms with van der Waals surface area (Å²) in [5.41, 5.74) is 1.15. The molecule has 0 aliphatic heterocycles. The maximum Gasteiger partial charge on any atom is 0.359 e. The highest BCUT2D eigenvalue weighted by molar-refractivity contribution is 7.57. The SMILES string of the molecule is CC(=O)N(C/C=C/P(=O)(OCOC(=O)C(C)(C)C)OCOC(=O)C(C)(C)C)OCc1ccc(-c2ccccc2)cc1.CC(=O)N(C/C=C/P(=O)(OCOC(=O)C(C)(C)C)OCOC(=O)C(C)(C)C)OCc1ccc(C(C)C)cc1.CC(=O)N(C/C=C/P(=O)(OCOC(=O)C(C)(C)C)OCOC(=O)C(C)(C)C)OCc1ccc2ccccc2c1. The monoisotopic (exact) mass is 1710 g/mol. The lowest BCUT2D eigenvalue weighted by Gasteiger charge is -2.21. The van der Waals surface area contributed by atoms with Crippen molar-refractivity contribution in [3.8, 4) is 11.1 Å². The lowest BCUT2D eigenvalue weighted by Crippen LogP contribution is -2.29. The third-order valence-corrected chi connectivity index (χ3v) is 20.1. The normalized spacial score (nSPS) is 12.4. The van der Waals surface area contributed by atoms with Gasteiger partial charge in [0, 0.05) is 38.2 Å². The van der Waals surface area contributed by atoms with Gasteiger partial charge in [0.15, 0.2) is 0 Å². The number of hydroxylamine groups is 6. The van der Waals surface area contributed by atoms with Gasteiger partial charge in [0.1, 0.15) is 19.8 Å². The van der Waals surface area contributed by atoms with Crippen LogP contribution in [-0.4, -0.2) is 129 Å². The molecule has 0 fully saturated rings. The van der Waals surface area contributed by atoms with Crippen LogP contribution in [0.15, 0.2) is 157 Å². The topological polar surface area (TPSA) is 353 Å². The van der Waals surface area contributed by atoms with Crippen LogP contribution in [0, 0.1) is 32.5 Å². The Labute approximate surface area is 694 Å². The molecular weight excluding hydrogens is 1590 g/mol. The maximum atomic E-state index is 13.3. The number of carbonyl (C=O) groups excluding carboxylic acids is 9. The van der Waals surface area contributed by atoms with Gasteiger partial charge in [-0.1, -0.05) is 147 Å². The quantitative estimate of drug-likeness (QED) is 0.0116. The number of carbonyl (C=O) groups is 9. The second-order valence-corrected chi connectivity index (χ2v) is 38.7. The van der Waals surface area contributed by atoms with E-state index in [1.54, 1.807) is 125 Å². The summed E-state index contributed by atoms with van der Waals surface area (Å²) < 4.78 is 101. The molecule has 0 heterocycles. The number of esters is 6. The van der Waals surface area contributed by atoms with E-state index in [-0.39, 0.29) is 57.2 Å². The van der Waals surface area contributed by atoms with Gasteiger partial charge >= 0.3 is 58.6 Å². The van der Waals surface area contributed by atoms with Crippen molar-refractivity contribution < 1.29 is 127 Å². The predicted molar refractivity (Wildman–Crippen MR) is 442 cm³/mol. The van der Waals surface area contributed by atoms with E-state index in [9.17, 15) is 56.8 Å². The molecular formula is C85H120N3O27P3. The molecule has 3 amide bonds. The lowest BCUT2D eigenvalue weighted by molar-refractivity contribution is -0.185. The first-order valence-electron chi connectivity index (χ1n) is 37.8. The van der Waals surface area contributed by atoms with E-state index in [0.717, 1.165) is 71.2 Å². The van der Waals surface area contributed by atoms with Gasteiger partial charge < -0.3 is 28.4 Å². The number of nitrogens with zero attached hydrogens (tertiary/aromatic N) is 3. The molecule has 5 rings (SSSR count). The van der Waals surface area contributed by atoms with E-state index in [0.29, 0.717) is 5.92 Å². The van der Waals surface area contributed by atoms with Gasteiger partial charge in [-0.15, -0.1) is 0 Å². The number of amides is 3. The number of benzene rings is 5. The zero-order chi connectivity index (χ0) is 89.1. The highest BCUT2D eigenvalue weighted by Gasteiger charge is 2.33. The Balaban J connectivity index is 0.000000458. The van der Waals surface area contributed by atoms with Crippen molar-refractivity contribution in [2.45, 2.75) is 185 Å². The minimum atomic E-state index is -4.06. The number of hydrogen-bond donors (Lipinski definition) is 0. The Kier molecular flexibility index (Phi) is 41.9. The molecule has 0 aliphatic rings. The third-order valence-electron chi connectivity index (χ3n) is 15.6. The van der Waals surface area contributed by atoms with Gasteiger partial charge in [0.05, 0.1) is 52.1 Å². The second-order valence-electron chi connectivity index (χ2n) is 33.0. The lowest BCUT2D eigenvalue weighted by atomic mass is 9.98. The molecule has 0 bridgehead atoms. The molecule has 0 unspecified atom stereocenters. The Hall–Kier alpha value is -8.86. The van der Waals surface area contributed by atoms with Crippen LogP contribution in [0.4, 0.5) is 0 Å². The summed E-state index contributed by atoms with van der Waals surface area (Å²) in [4.78, 5) is 125. The van der Waals surface area contributed by atoms with Crippen LogP contribution in [0.2, 0.25) is 0 Å².